The SMILES string of the molecule is Cc1cccc(CC(NN)C2COCCO2)c1. The summed E-state index contributed by atoms with van der Waals surface area (Å²) in [7, 11) is 0. The lowest BCUT2D eigenvalue weighted by atomic mass is 10.0. The topological polar surface area (TPSA) is 56.5 Å². The number of hydrazine groups is 1. The van der Waals surface area contributed by atoms with Crippen molar-refractivity contribution in [2.45, 2.75) is 25.5 Å². The van der Waals surface area contributed by atoms with Gasteiger partial charge in [0.25, 0.3) is 0 Å². The molecule has 0 amide bonds. The van der Waals surface area contributed by atoms with Gasteiger partial charge in [-0.1, -0.05) is 29.8 Å². The molecule has 17 heavy (non-hydrogen) atoms. The molecule has 0 spiro atoms. The lowest BCUT2D eigenvalue weighted by molar-refractivity contribution is -0.101. The van der Waals surface area contributed by atoms with Gasteiger partial charge in [-0.3, -0.25) is 11.3 Å². The highest BCUT2D eigenvalue weighted by Gasteiger charge is 2.24. The van der Waals surface area contributed by atoms with Gasteiger partial charge in [-0.15, -0.1) is 0 Å². The van der Waals surface area contributed by atoms with Crippen LogP contribution < -0.4 is 11.3 Å². The van der Waals surface area contributed by atoms with Crippen LogP contribution >= 0.6 is 0 Å². The molecule has 1 heterocycles. The monoisotopic (exact) mass is 236 g/mol. The predicted octanol–water partition coefficient (Wildman–Crippen LogP) is 0.785. The van der Waals surface area contributed by atoms with E-state index in [1.165, 1.54) is 11.1 Å². The zero-order valence-corrected chi connectivity index (χ0v) is 10.2. The van der Waals surface area contributed by atoms with E-state index >= 15 is 0 Å². The minimum absolute atomic E-state index is 0.0364. The second-order valence-corrected chi connectivity index (χ2v) is 4.45. The normalized spacial score (nSPS) is 22.4. The maximum atomic E-state index is 5.67. The van der Waals surface area contributed by atoms with Gasteiger partial charge < -0.3 is 9.47 Å². The molecule has 2 atom stereocenters. The molecule has 1 aliphatic heterocycles. The van der Waals surface area contributed by atoms with Gasteiger partial charge in [0, 0.05) is 0 Å². The van der Waals surface area contributed by atoms with Crippen molar-refractivity contribution in [2.24, 2.45) is 5.84 Å². The number of aryl methyl sites for hydroxylation is 1. The predicted molar refractivity (Wildman–Crippen MR) is 66.6 cm³/mol. The number of rotatable bonds is 4. The molecule has 0 aromatic heterocycles. The smallest absolute Gasteiger partial charge is 0.0978 e. The Morgan fingerprint density at radius 3 is 3.00 bits per heavy atom. The average Bonchev–Trinajstić information content (AvgIpc) is 2.37. The van der Waals surface area contributed by atoms with Gasteiger partial charge in [0.2, 0.25) is 0 Å². The van der Waals surface area contributed by atoms with Gasteiger partial charge in [0.15, 0.2) is 0 Å². The second kappa shape index (κ2) is 6.12. The van der Waals surface area contributed by atoms with E-state index in [1.807, 2.05) is 0 Å². The van der Waals surface area contributed by atoms with E-state index in [4.69, 9.17) is 15.3 Å². The van der Waals surface area contributed by atoms with E-state index < -0.39 is 0 Å². The average molecular weight is 236 g/mol. The molecule has 2 unspecified atom stereocenters. The minimum Gasteiger partial charge on any atom is -0.376 e. The van der Waals surface area contributed by atoms with Gasteiger partial charge in [-0.05, 0) is 18.9 Å². The molecule has 1 aromatic rings. The van der Waals surface area contributed by atoms with Crippen molar-refractivity contribution in [2.75, 3.05) is 19.8 Å². The maximum absolute atomic E-state index is 5.67. The number of ether oxygens (including phenoxy) is 2. The Labute approximate surface area is 102 Å². The van der Waals surface area contributed by atoms with E-state index in [1.54, 1.807) is 0 Å². The maximum Gasteiger partial charge on any atom is 0.0978 e. The van der Waals surface area contributed by atoms with Crippen molar-refractivity contribution < 1.29 is 9.47 Å². The Kier molecular flexibility index (Phi) is 4.50. The summed E-state index contributed by atoms with van der Waals surface area (Å²) in [5.74, 6) is 5.60. The molecule has 0 saturated carbocycles. The van der Waals surface area contributed by atoms with E-state index in [0.29, 0.717) is 19.8 Å². The van der Waals surface area contributed by atoms with Crippen LogP contribution in [0.3, 0.4) is 0 Å². The molecule has 0 aliphatic carbocycles. The third kappa shape index (κ3) is 3.51. The first kappa shape index (κ1) is 12.5. The lowest BCUT2D eigenvalue weighted by Gasteiger charge is -2.30. The van der Waals surface area contributed by atoms with Gasteiger partial charge in [0.05, 0.1) is 32.0 Å². The van der Waals surface area contributed by atoms with Crippen LogP contribution in [0.1, 0.15) is 11.1 Å². The summed E-state index contributed by atoms with van der Waals surface area (Å²) in [6.45, 7) is 4.03. The zero-order chi connectivity index (χ0) is 12.1. The number of benzene rings is 1. The third-order valence-corrected chi connectivity index (χ3v) is 3.04. The van der Waals surface area contributed by atoms with E-state index in [9.17, 15) is 0 Å². The van der Waals surface area contributed by atoms with Gasteiger partial charge in [0.1, 0.15) is 0 Å². The van der Waals surface area contributed by atoms with Crippen LogP contribution in [0, 0.1) is 6.92 Å². The number of nitrogens with two attached hydrogens (primary N) is 1. The fourth-order valence-electron chi connectivity index (χ4n) is 2.13. The first-order valence-corrected chi connectivity index (χ1v) is 6.00. The van der Waals surface area contributed by atoms with Crippen LogP contribution in [0.5, 0.6) is 0 Å². The van der Waals surface area contributed by atoms with Crippen molar-refractivity contribution in [1.82, 2.24) is 5.43 Å². The second-order valence-electron chi connectivity index (χ2n) is 4.45. The highest BCUT2D eigenvalue weighted by Crippen LogP contribution is 2.12. The Bertz CT molecular complexity index is 351. The van der Waals surface area contributed by atoms with Crippen LogP contribution in [0.15, 0.2) is 24.3 Å². The fourth-order valence-corrected chi connectivity index (χ4v) is 2.13. The van der Waals surface area contributed by atoms with Crippen molar-refractivity contribution >= 4 is 0 Å². The molecule has 0 bridgehead atoms. The largest absolute Gasteiger partial charge is 0.376 e. The fraction of sp³-hybridized carbons (Fsp3) is 0.538. The molecule has 4 heteroatoms. The highest BCUT2D eigenvalue weighted by atomic mass is 16.6. The number of hydrogen-bond acceptors (Lipinski definition) is 4. The van der Waals surface area contributed by atoms with Crippen LogP contribution in [0.25, 0.3) is 0 Å². The zero-order valence-electron chi connectivity index (χ0n) is 10.2. The Hall–Kier alpha value is -0.940. The third-order valence-electron chi connectivity index (χ3n) is 3.04. The molecular formula is C13H20N2O2. The molecular weight excluding hydrogens is 216 g/mol. The van der Waals surface area contributed by atoms with Crippen molar-refractivity contribution in [1.29, 1.82) is 0 Å². The summed E-state index contributed by atoms with van der Waals surface area (Å²) in [4.78, 5) is 0. The van der Waals surface area contributed by atoms with E-state index in [-0.39, 0.29) is 12.1 Å². The van der Waals surface area contributed by atoms with Crippen LogP contribution in [0.4, 0.5) is 0 Å². The lowest BCUT2D eigenvalue weighted by Crippen LogP contribution is -2.50. The summed E-state index contributed by atoms with van der Waals surface area (Å²) < 4.78 is 11.1. The highest BCUT2D eigenvalue weighted by molar-refractivity contribution is 5.23. The van der Waals surface area contributed by atoms with Crippen molar-refractivity contribution in [3.05, 3.63) is 35.4 Å². The molecule has 3 N–H and O–H groups in total. The van der Waals surface area contributed by atoms with E-state index in [2.05, 4.69) is 36.6 Å². The summed E-state index contributed by atoms with van der Waals surface area (Å²) >= 11 is 0. The van der Waals surface area contributed by atoms with Crippen LogP contribution in [-0.4, -0.2) is 32.0 Å². The van der Waals surface area contributed by atoms with Crippen LogP contribution in [-0.2, 0) is 15.9 Å². The molecule has 4 nitrogen and oxygen atoms in total. The first-order valence-electron chi connectivity index (χ1n) is 6.00. The summed E-state index contributed by atoms with van der Waals surface area (Å²) in [5.41, 5.74) is 5.36. The Morgan fingerprint density at radius 2 is 2.35 bits per heavy atom. The first-order chi connectivity index (χ1) is 8.29. The van der Waals surface area contributed by atoms with Gasteiger partial charge in [-0.25, -0.2) is 0 Å². The number of hydrogen-bond donors (Lipinski definition) is 2. The Balaban J connectivity index is 1.98. The molecule has 94 valence electrons. The molecule has 1 aliphatic rings. The van der Waals surface area contributed by atoms with Crippen LogP contribution in [0.2, 0.25) is 0 Å². The van der Waals surface area contributed by atoms with Crippen molar-refractivity contribution in [3.63, 3.8) is 0 Å². The standard InChI is InChI=1S/C13H20N2O2/c1-10-3-2-4-11(7-10)8-12(15-14)13-9-16-5-6-17-13/h2-4,7,12-13,15H,5-6,8-9,14H2,1H3. The summed E-state index contributed by atoms with van der Waals surface area (Å²) in [6.07, 6.45) is 0.890. The molecule has 1 saturated heterocycles. The number of nitrogens with one attached hydrogen (secondary N) is 1. The molecule has 1 fully saturated rings. The van der Waals surface area contributed by atoms with Gasteiger partial charge >= 0.3 is 0 Å². The quantitative estimate of drug-likeness (QED) is 0.599. The molecule has 1 aromatic carbocycles. The van der Waals surface area contributed by atoms with Gasteiger partial charge in [-0.2, -0.15) is 0 Å². The summed E-state index contributed by atoms with van der Waals surface area (Å²) in [6, 6.07) is 8.54. The molecule has 0 radical (unpaired) electrons. The Morgan fingerprint density at radius 1 is 1.47 bits per heavy atom. The minimum atomic E-state index is 0.0364. The van der Waals surface area contributed by atoms with E-state index in [0.717, 1.165) is 6.42 Å². The molecule has 2 rings (SSSR count). The summed E-state index contributed by atoms with van der Waals surface area (Å²) in [5, 5.41) is 0. The van der Waals surface area contributed by atoms with Crippen molar-refractivity contribution in [3.8, 4) is 0 Å².